The van der Waals surface area contributed by atoms with Gasteiger partial charge in [0.2, 0.25) is 0 Å². The van der Waals surface area contributed by atoms with Gasteiger partial charge in [0.15, 0.2) is 10.8 Å². The van der Waals surface area contributed by atoms with Crippen molar-refractivity contribution in [2.75, 3.05) is 30.2 Å². The van der Waals surface area contributed by atoms with Gasteiger partial charge in [0, 0.05) is 25.2 Å². The number of anilines is 2. The standard InChI is InChI=1S/C14H19N5O2S2/c1-9-11(10-3-4-16-5-10)6-17-14(13(9)15-2)23(20,21)19-12-7-22-8-18-12/h6-8,10,15-16,19H,3-5H2,1-2H3. The second kappa shape index (κ2) is 6.42. The predicted octanol–water partition coefficient (Wildman–Crippen LogP) is 1.77. The van der Waals surface area contributed by atoms with Gasteiger partial charge in [0.1, 0.15) is 0 Å². The number of aromatic nitrogens is 2. The number of nitrogens with zero attached hydrogens (tertiary/aromatic N) is 2. The normalized spacial score (nSPS) is 18.1. The Morgan fingerprint density at radius 3 is 2.83 bits per heavy atom. The van der Waals surface area contributed by atoms with Gasteiger partial charge in [0.05, 0.1) is 11.2 Å². The highest BCUT2D eigenvalue weighted by Crippen LogP contribution is 2.32. The molecule has 0 radical (unpaired) electrons. The van der Waals surface area contributed by atoms with Crippen LogP contribution < -0.4 is 15.4 Å². The molecule has 1 aliphatic rings. The van der Waals surface area contributed by atoms with Crippen LogP contribution in [0.4, 0.5) is 11.5 Å². The monoisotopic (exact) mass is 353 g/mol. The van der Waals surface area contributed by atoms with E-state index in [1.54, 1.807) is 24.1 Å². The van der Waals surface area contributed by atoms with Gasteiger partial charge in [-0.2, -0.15) is 8.42 Å². The first-order valence-corrected chi connectivity index (χ1v) is 9.74. The van der Waals surface area contributed by atoms with Gasteiger partial charge >= 0.3 is 0 Å². The molecule has 1 fully saturated rings. The van der Waals surface area contributed by atoms with Crippen LogP contribution in [0, 0.1) is 6.92 Å². The van der Waals surface area contributed by atoms with Gasteiger partial charge in [-0.25, -0.2) is 9.97 Å². The Morgan fingerprint density at radius 2 is 2.22 bits per heavy atom. The summed E-state index contributed by atoms with van der Waals surface area (Å²) in [6, 6.07) is 0. The van der Waals surface area contributed by atoms with Crippen LogP contribution in [0.2, 0.25) is 0 Å². The van der Waals surface area contributed by atoms with E-state index in [0.717, 1.165) is 30.6 Å². The number of sulfonamides is 1. The van der Waals surface area contributed by atoms with Crippen molar-refractivity contribution in [3.05, 3.63) is 28.2 Å². The second-order valence-corrected chi connectivity index (χ2v) is 7.75. The minimum absolute atomic E-state index is 0.000191. The molecule has 9 heteroatoms. The molecule has 0 saturated carbocycles. The van der Waals surface area contributed by atoms with E-state index in [4.69, 9.17) is 0 Å². The summed E-state index contributed by atoms with van der Waals surface area (Å²) in [5.74, 6) is 0.679. The highest BCUT2D eigenvalue weighted by Gasteiger charge is 2.26. The zero-order chi connectivity index (χ0) is 16.4. The van der Waals surface area contributed by atoms with Crippen molar-refractivity contribution in [1.82, 2.24) is 15.3 Å². The Bertz CT molecular complexity index is 784. The van der Waals surface area contributed by atoms with Crippen LogP contribution in [0.3, 0.4) is 0 Å². The van der Waals surface area contributed by atoms with Crippen LogP contribution in [-0.4, -0.2) is 38.5 Å². The van der Waals surface area contributed by atoms with Crippen LogP contribution in [0.15, 0.2) is 22.1 Å². The van der Waals surface area contributed by atoms with E-state index in [1.165, 1.54) is 11.3 Å². The maximum Gasteiger partial charge on any atom is 0.282 e. The minimum Gasteiger partial charge on any atom is -0.386 e. The molecule has 1 atom stereocenters. The summed E-state index contributed by atoms with van der Waals surface area (Å²) in [5.41, 5.74) is 4.13. The topological polar surface area (TPSA) is 96.0 Å². The molecule has 3 N–H and O–H groups in total. The summed E-state index contributed by atoms with van der Waals surface area (Å²) in [7, 11) is -2.07. The van der Waals surface area contributed by atoms with Crippen LogP contribution in [0.25, 0.3) is 0 Å². The van der Waals surface area contributed by atoms with Gasteiger partial charge < -0.3 is 10.6 Å². The average molecular weight is 353 g/mol. The molecule has 2 aromatic rings. The first-order chi connectivity index (χ1) is 11.0. The van der Waals surface area contributed by atoms with Gasteiger partial charge in [0.25, 0.3) is 10.0 Å². The molecule has 0 spiro atoms. The molecule has 0 bridgehead atoms. The lowest BCUT2D eigenvalue weighted by Gasteiger charge is -2.18. The van der Waals surface area contributed by atoms with E-state index >= 15 is 0 Å². The summed E-state index contributed by atoms with van der Waals surface area (Å²) in [6.45, 7) is 3.81. The molecule has 0 aliphatic carbocycles. The summed E-state index contributed by atoms with van der Waals surface area (Å²) in [5, 5.41) is 7.96. The molecule has 124 valence electrons. The van der Waals surface area contributed by atoms with E-state index < -0.39 is 10.0 Å². The smallest absolute Gasteiger partial charge is 0.282 e. The first kappa shape index (κ1) is 16.2. The number of rotatable bonds is 5. The fraction of sp³-hybridized carbons (Fsp3) is 0.429. The summed E-state index contributed by atoms with van der Waals surface area (Å²) in [6.07, 6.45) is 2.72. The largest absolute Gasteiger partial charge is 0.386 e. The molecule has 23 heavy (non-hydrogen) atoms. The molecule has 0 amide bonds. The number of nitrogens with one attached hydrogen (secondary N) is 3. The van der Waals surface area contributed by atoms with Gasteiger partial charge in [-0.15, -0.1) is 11.3 Å². The Morgan fingerprint density at radius 1 is 1.39 bits per heavy atom. The van der Waals surface area contributed by atoms with Crippen molar-refractivity contribution in [3.8, 4) is 0 Å². The molecular formula is C14H19N5O2S2. The van der Waals surface area contributed by atoms with Crippen molar-refractivity contribution >= 4 is 32.9 Å². The Kier molecular flexibility index (Phi) is 4.51. The number of hydrogen-bond acceptors (Lipinski definition) is 7. The van der Waals surface area contributed by atoms with Gasteiger partial charge in [-0.05, 0) is 36.9 Å². The van der Waals surface area contributed by atoms with E-state index in [9.17, 15) is 8.42 Å². The van der Waals surface area contributed by atoms with Crippen molar-refractivity contribution < 1.29 is 8.42 Å². The third-order valence-corrected chi connectivity index (χ3v) is 5.90. The molecule has 1 unspecified atom stereocenters. The second-order valence-electron chi connectivity index (χ2n) is 5.44. The lowest BCUT2D eigenvalue weighted by Crippen LogP contribution is -2.18. The molecular weight excluding hydrogens is 334 g/mol. The minimum atomic E-state index is -3.78. The van der Waals surface area contributed by atoms with Crippen LogP contribution in [0.1, 0.15) is 23.5 Å². The van der Waals surface area contributed by atoms with Crippen LogP contribution in [-0.2, 0) is 10.0 Å². The zero-order valence-corrected chi connectivity index (χ0v) is 14.6. The van der Waals surface area contributed by atoms with Crippen molar-refractivity contribution in [3.63, 3.8) is 0 Å². The third kappa shape index (κ3) is 3.17. The fourth-order valence-corrected chi connectivity index (χ4v) is 4.63. The maximum atomic E-state index is 12.6. The Balaban J connectivity index is 2.00. The van der Waals surface area contributed by atoms with Gasteiger partial charge in [-0.3, -0.25) is 4.72 Å². The first-order valence-electron chi connectivity index (χ1n) is 7.32. The van der Waals surface area contributed by atoms with E-state index in [-0.39, 0.29) is 5.03 Å². The highest BCUT2D eigenvalue weighted by molar-refractivity contribution is 7.92. The quantitative estimate of drug-likeness (QED) is 0.758. The maximum absolute atomic E-state index is 12.6. The van der Waals surface area contributed by atoms with Crippen molar-refractivity contribution in [2.45, 2.75) is 24.3 Å². The van der Waals surface area contributed by atoms with Gasteiger partial charge in [-0.1, -0.05) is 0 Å². The Hall–Kier alpha value is -1.71. The molecule has 2 aromatic heterocycles. The number of hydrogen-bond donors (Lipinski definition) is 3. The van der Waals surface area contributed by atoms with E-state index in [1.807, 2.05) is 6.92 Å². The van der Waals surface area contributed by atoms with Crippen LogP contribution in [0.5, 0.6) is 0 Å². The summed E-state index contributed by atoms with van der Waals surface area (Å²) < 4.78 is 27.7. The highest BCUT2D eigenvalue weighted by atomic mass is 32.2. The van der Waals surface area contributed by atoms with E-state index in [2.05, 4.69) is 25.3 Å². The molecule has 1 saturated heterocycles. The van der Waals surface area contributed by atoms with Crippen LogP contribution >= 0.6 is 11.3 Å². The summed E-state index contributed by atoms with van der Waals surface area (Å²) in [4.78, 5) is 8.20. The molecule has 1 aliphatic heterocycles. The lowest BCUT2D eigenvalue weighted by molar-refractivity contribution is 0.597. The Labute approximate surface area is 139 Å². The van der Waals surface area contributed by atoms with Crippen molar-refractivity contribution in [1.29, 1.82) is 0 Å². The SMILES string of the molecule is CNc1c(S(=O)(=O)Nc2cscn2)ncc(C2CCNC2)c1C. The lowest BCUT2D eigenvalue weighted by atomic mass is 9.95. The predicted molar refractivity (Wildman–Crippen MR) is 91.7 cm³/mol. The van der Waals surface area contributed by atoms with Crippen molar-refractivity contribution in [2.24, 2.45) is 0 Å². The number of thiazole rings is 1. The number of pyridine rings is 1. The molecule has 7 nitrogen and oxygen atoms in total. The third-order valence-electron chi connectivity index (χ3n) is 4.02. The van der Waals surface area contributed by atoms with E-state index in [0.29, 0.717) is 17.4 Å². The molecule has 3 heterocycles. The fourth-order valence-electron chi connectivity index (χ4n) is 2.87. The zero-order valence-electron chi connectivity index (χ0n) is 13.0. The molecule has 0 aromatic carbocycles. The summed E-state index contributed by atoms with van der Waals surface area (Å²) >= 11 is 1.33. The molecule has 3 rings (SSSR count). The average Bonchev–Trinajstić information content (AvgIpc) is 3.19.